The molecule has 2 atom stereocenters. The highest BCUT2D eigenvalue weighted by Gasteiger charge is 2.58. The molecule has 1 aliphatic carbocycles. The van der Waals surface area contributed by atoms with E-state index in [9.17, 15) is 4.79 Å². The van der Waals surface area contributed by atoms with Gasteiger partial charge in [0.05, 0.1) is 12.5 Å². The third kappa shape index (κ3) is 0.732. The minimum atomic E-state index is 0.0231. The van der Waals surface area contributed by atoms with Crippen molar-refractivity contribution in [3.05, 3.63) is 0 Å². The molecule has 2 fully saturated rings. The highest BCUT2D eigenvalue weighted by atomic mass is 16.5. The molecule has 0 N–H and O–H groups in total. The second-order valence-corrected chi connectivity index (χ2v) is 4.98. The highest BCUT2D eigenvalue weighted by Crippen LogP contribution is 2.58. The topological polar surface area (TPSA) is 26.3 Å². The van der Waals surface area contributed by atoms with Gasteiger partial charge < -0.3 is 4.74 Å². The summed E-state index contributed by atoms with van der Waals surface area (Å²) in [4.78, 5) is 11.4. The maximum Gasteiger partial charge on any atom is 0.309 e. The fraction of sp³-hybridized carbons (Fsp3) is 0.900. The van der Waals surface area contributed by atoms with E-state index >= 15 is 0 Å². The van der Waals surface area contributed by atoms with Crippen LogP contribution in [-0.2, 0) is 9.53 Å². The Hall–Kier alpha value is -0.530. The fourth-order valence-electron chi connectivity index (χ4n) is 2.57. The monoisotopic (exact) mass is 168 g/mol. The van der Waals surface area contributed by atoms with Gasteiger partial charge in [-0.05, 0) is 18.3 Å². The number of esters is 1. The molecule has 1 aliphatic heterocycles. The molecule has 0 spiro atoms. The lowest BCUT2D eigenvalue weighted by Gasteiger charge is -2.44. The van der Waals surface area contributed by atoms with Crippen molar-refractivity contribution in [2.75, 3.05) is 6.61 Å². The van der Waals surface area contributed by atoms with E-state index < -0.39 is 0 Å². The molecule has 2 rings (SSSR count). The van der Waals surface area contributed by atoms with Crippen LogP contribution >= 0.6 is 0 Å². The van der Waals surface area contributed by atoms with Gasteiger partial charge >= 0.3 is 5.97 Å². The van der Waals surface area contributed by atoms with E-state index in [2.05, 4.69) is 20.8 Å². The van der Waals surface area contributed by atoms with Crippen LogP contribution < -0.4 is 0 Å². The number of cyclic esters (lactones) is 1. The van der Waals surface area contributed by atoms with Gasteiger partial charge in [-0.25, -0.2) is 0 Å². The quantitative estimate of drug-likeness (QED) is 0.517. The fourth-order valence-corrected chi connectivity index (χ4v) is 2.57. The van der Waals surface area contributed by atoms with Crippen molar-refractivity contribution in [1.82, 2.24) is 0 Å². The first-order valence-corrected chi connectivity index (χ1v) is 4.64. The van der Waals surface area contributed by atoms with Crippen LogP contribution in [0.4, 0.5) is 0 Å². The largest absolute Gasteiger partial charge is 0.465 e. The molecule has 2 nitrogen and oxygen atoms in total. The van der Waals surface area contributed by atoms with Crippen molar-refractivity contribution in [2.45, 2.75) is 33.6 Å². The van der Waals surface area contributed by atoms with Crippen LogP contribution in [-0.4, -0.2) is 12.6 Å². The maximum atomic E-state index is 11.4. The Morgan fingerprint density at radius 3 is 2.67 bits per heavy atom. The van der Waals surface area contributed by atoms with Crippen LogP contribution in [0.1, 0.15) is 33.6 Å². The minimum Gasteiger partial charge on any atom is -0.465 e. The second kappa shape index (κ2) is 2.04. The van der Waals surface area contributed by atoms with E-state index in [0.717, 1.165) is 12.8 Å². The smallest absolute Gasteiger partial charge is 0.309 e. The van der Waals surface area contributed by atoms with Gasteiger partial charge in [-0.15, -0.1) is 0 Å². The number of hydrogen-bond acceptors (Lipinski definition) is 2. The molecule has 0 radical (unpaired) electrons. The molecule has 1 saturated carbocycles. The first-order valence-electron chi connectivity index (χ1n) is 4.64. The van der Waals surface area contributed by atoms with Gasteiger partial charge in [0.2, 0.25) is 0 Å². The number of carbonyl (C=O) groups excluding carboxylic acids is 1. The van der Waals surface area contributed by atoms with Crippen molar-refractivity contribution in [2.24, 2.45) is 16.7 Å². The van der Waals surface area contributed by atoms with E-state index in [0.29, 0.717) is 6.61 Å². The minimum absolute atomic E-state index is 0.0231. The molecular weight excluding hydrogens is 152 g/mol. The van der Waals surface area contributed by atoms with Crippen molar-refractivity contribution < 1.29 is 9.53 Å². The Morgan fingerprint density at radius 2 is 2.08 bits per heavy atom. The van der Waals surface area contributed by atoms with Crippen LogP contribution in [0.15, 0.2) is 0 Å². The Morgan fingerprint density at radius 1 is 1.42 bits per heavy atom. The van der Waals surface area contributed by atoms with Crippen LogP contribution in [0.3, 0.4) is 0 Å². The van der Waals surface area contributed by atoms with Gasteiger partial charge in [0.15, 0.2) is 0 Å². The number of ether oxygens (including phenoxy) is 1. The summed E-state index contributed by atoms with van der Waals surface area (Å²) >= 11 is 0. The van der Waals surface area contributed by atoms with Crippen LogP contribution in [0.25, 0.3) is 0 Å². The van der Waals surface area contributed by atoms with Crippen molar-refractivity contribution >= 4 is 5.97 Å². The Labute approximate surface area is 73.3 Å². The summed E-state index contributed by atoms with van der Waals surface area (Å²) in [5.41, 5.74) is 0.369. The zero-order valence-corrected chi connectivity index (χ0v) is 8.02. The van der Waals surface area contributed by atoms with Gasteiger partial charge in [0, 0.05) is 5.41 Å². The van der Waals surface area contributed by atoms with Crippen LogP contribution in [0.2, 0.25) is 0 Å². The zero-order valence-electron chi connectivity index (χ0n) is 8.02. The molecule has 1 heterocycles. The molecule has 0 aromatic carbocycles. The predicted octanol–water partition coefficient (Wildman–Crippen LogP) is 1.99. The third-order valence-corrected chi connectivity index (χ3v) is 4.23. The molecule has 12 heavy (non-hydrogen) atoms. The lowest BCUT2D eigenvalue weighted by Crippen LogP contribution is -2.46. The van der Waals surface area contributed by atoms with E-state index in [1.807, 2.05) is 0 Å². The third-order valence-electron chi connectivity index (χ3n) is 4.23. The summed E-state index contributed by atoms with van der Waals surface area (Å²) in [6, 6.07) is 0. The first-order chi connectivity index (χ1) is 5.47. The van der Waals surface area contributed by atoms with E-state index in [-0.39, 0.29) is 22.7 Å². The van der Waals surface area contributed by atoms with Gasteiger partial charge in [0.25, 0.3) is 0 Å². The molecule has 0 amide bonds. The van der Waals surface area contributed by atoms with E-state index in [1.165, 1.54) is 0 Å². The predicted molar refractivity (Wildman–Crippen MR) is 45.6 cm³/mol. The molecule has 0 aromatic heterocycles. The summed E-state index contributed by atoms with van der Waals surface area (Å²) in [6.45, 7) is 7.25. The molecule has 0 aromatic rings. The van der Waals surface area contributed by atoms with Gasteiger partial charge in [0.1, 0.15) is 0 Å². The summed E-state index contributed by atoms with van der Waals surface area (Å²) in [6.07, 6.45) is 2.15. The molecule has 2 bridgehead atoms. The molecule has 68 valence electrons. The molecule has 1 saturated heterocycles. The number of rotatable bonds is 0. The molecule has 2 aliphatic rings. The summed E-state index contributed by atoms with van der Waals surface area (Å²) in [5.74, 6) is 0.172. The Kier molecular flexibility index (Phi) is 1.37. The Balaban J connectivity index is 2.40. The normalized spacial score (nSPS) is 44.2. The Bertz CT molecular complexity index is 232. The lowest BCUT2D eigenvalue weighted by molar-refractivity contribution is -0.169. The first kappa shape index (κ1) is 8.09. The SMILES string of the molecule is CC12CCC(C(=O)OC1)C2(C)C. The number of carbonyl (C=O) groups is 1. The molecule has 2 unspecified atom stereocenters. The maximum absolute atomic E-state index is 11.4. The molecule has 2 heteroatoms. The highest BCUT2D eigenvalue weighted by molar-refractivity contribution is 5.75. The number of fused-ring (bicyclic) bond motifs is 2. The average Bonchev–Trinajstić information content (AvgIpc) is 2.16. The van der Waals surface area contributed by atoms with E-state index in [4.69, 9.17) is 4.74 Å². The standard InChI is InChI=1S/C10H16O2/c1-9(2)7-4-5-10(9,3)6-12-8(7)11/h7H,4-6H2,1-3H3. The summed E-state index contributed by atoms with van der Waals surface area (Å²) < 4.78 is 5.16. The summed E-state index contributed by atoms with van der Waals surface area (Å²) in [5, 5.41) is 0. The second-order valence-electron chi connectivity index (χ2n) is 4.98. The molecular formula is C10H16O2. The van der Waals surface area contributed by atoms with Crippen molar-refractivity contribution in [1.29, 1.82) is 0 Å². The number of hydrogen-bond donors (Lipinski definition) is 0. The van der Waals surface area contributed by atoms with Crippen molar-refractivity contribution in [3.8, 4) is 0 Å². The lowest BCUT2D eigenvalue weighted by atomic mass is 9.65. The van der Waals surface area contributed by atoms with Gasteiger partial charge in [-0.3, -0.25) is 4.79 Å². The summed E-state index contributed by atoms with van der Waals surface area (Å²) in [7, 11) is 0. The van der Waals surface area contributed by atoms with Gasteiger partial charge in [-0.2, -0.15) is 0 Å². The van der Waals surface area contributed by atoms with E-state index in [1.54, 1.807) is 0 Å². The van der Waals surface area contributed by atoms with Crippen molar-refractivity contribution in [3.63, 3.8) is 0 Å². The van der Waals surface area contributed by atoms with Crippen LogP contribution in [0.5, 0.6) is 0 Å². The average molecular weight is 168 g/mol. The van der Waals surface area contributed by atoms with Crippen LogP contribution in [0, 0.1) is 16.7 Å². The van der Waals surface area contributed by atoms with Gasteiger partial charge in [-0.1, -0.05) is 20.8 Å². The zero-order chi connectivity index (χ0) is 8.98.